The number of aromatic carboxylic acids is 1. The van der Waals surface area contributed by atoms with Gasteiger partial charge in [0, 0.05) is 6.07 Å². The predicted molar refractivity (Wildman–Crippen MR) is 53.5 cm³/mol. The van der Waals surface area contributed by atoms with Gasteiger partial charge in [0.05, 0.1) is 17.3 Å². The van der Waals surface area contributed by atoms with Gasteiger partial charge < -0.3 is 5.11 Å². The van der Waals surface area contributed by atoms with Gasteiger partial charge in [-0.05, 0) is 12.5 Å². The summed E-state index contributed by atoms with van der Waals surface area (Å²) in [5.74, 6) is -1.17. The molecule has 0 amide bonds. The van der Waals surface area contributed by atoms with Crippen LogP contribution < -0.4 is 0 Å². The summed E-state index contributed by atoms with van der Waals surface area (Å²) in [4.78, 5) is 24.8. The first-order chi connectivity index (χ1) is 7.50. The first-order valence-electron chi connectivity index (χ1n) is 4.36. The summed E-state index contributed by atoms with van der Waals surface area (Å²) in [7, 11) is 0. The lowest BCUT2D eigenvalue weighted by Crippen LogP contribution is -2.03. The highest BCUT2D eigenvalue weighted by atomic mass is 16.6. The van der Waals surface area contributed by atoms with Crippen molar-refractivity contribution >= 4 is 17.3 Å². The number of fused-ring (bicyclic) bond motifs is 1. The smallest absolute Gasteiger partial charge is 0.354 e. The third-order valence-corrected chi connectivity index (χ3v) is 2.21. The first-order valence-corrected chi connectivity index (χ1v) is 4.36. The van der Waals surface area contributed by atoms with E-state index in [1.165, 1.54) is 16.7 Å². The molecule has 2 aromatic rings. The Kier molecular flexibility index (Phi) is 2.08. The van der Waals surface area contributed by atoms with Crippen molar-refractivity contribution in [2.45, 2.75) is 6.92 Å². The molecule has 0 aromatic carbocycles. The number of imidazole rings is 1. The van der Waals surface area contributed by atoms with Crippen molar-refractivity contribution in [3.8, 4) is 0 Å². The lowest BCUT2D eigenvalue weighted by Gasteiger charge is -2.00. The number of carbonyl (C=O) groups is 1. The number of pyridine rings is 1. The van der Waals surface area contributed by atoms with Crippen LogP contribution in [0.4, 0.5) is 5.69 Å². The number of aryl methyl sites for hydroxylation is 1. The molecule has 0 spiro atoms. The predicted octanol–water partition coefficient (Wildman–Crippen LogP) is 1.25. The van der Waals surface area contributed by atoms with E-state index in [1.54, 1.807) is 6.92 Å². The van der Waals surface area contributed by atoms with Crippen LogP contribution in [-0.2, 0) is 0 Å². The van der Waals surface area contributed by atoms with Gasteiger partial charge in [0.15, 0.2) is 5.69 Å². The van der Waals surface area contributed by atoms with E-state index in [1.807, 2.05) is 0 Å². The molecule has 0 atom stereocenters. The molecule has 0 aliphatic rings. The number of rotatable bonds is 2. The van der Waals surface area contributed by atoms with Crippen LogP contribution >= 0.6 is 0 Å². The molecule has 1 N–H and O–H groups in total. The Labute approximate surface area is 89.1 Å². The van der Waals surface area contributed by atoms with Gasteiger partial charge in [0.2, 0.25) is 0 Å². The highest BCUT2D eigenvalue weighted by Crippen LogP contribution is 2.19. The molecule has 0 saturated heterocycles. The molecule has 2 rings (SSSR count). The van der Waals surface area contributed by atoms with Crippen molar-refractivity contribution < 1.29 is 14.8 Å². The van der Waals surface area contributed by atoms with Gasteiger partial charge in [-0.15, -0.1) is 0 Å². The molecule has 7 nitrogen and oxygen atoms in total. The van der Waals surface area contributed by atoms with Gasteiger partial charge in [-0.2, -0.15) is 0 Å². The van der Waals surface area contributed by atoms with E-state index in [2.05, 4.69) is 4.98 Å². The van der Waals surface area contributed by atoms with Crippen LogP contribution in [0, 0.1) is 17.0 Å². The zero-order valence-corrected chi connectivity index (χ0v) is 8.25. The Balaban J connectivity index is 2.81. The first kappa shape index (κ1) is 10.1. The molecule has 0 aliphatic heterocycles. The summed E-state index contributed by atoms with van der Waals surface area (Å²) >= 11 is 0. The van der Waals surface area contributed by atoms with Gasteiger partial charge in [-0.3, -0.25) is 14.5 Å². The summed E-state index contributed by atoms with van der Waals surface area (Å²) in [6, 6.07) is 1.36. The average Bonchev–Trinajstić information content (AvgIpc) is 2.61. The third-order valence-electron chi connectivity index (χ3n) is 2.21. The Morgan fingerprint density at radius 1 is 1.62 bits per heavy atom. The summed E-state index contributed by atoms with van der Waals surface area (Å²) in [5.41, 5.74) is 0.706. The number of nitrogens with zero attached hydrogens (tertiary/aromatic N) is 3. The minimum Gasteiger partial charge on any atom is -0.477 e. The molecule has 0 radical (unpaired) electrons. The SMILES string of the molecule is Cc1cc([N+](=O)[O-])cn2c(C(=O)O)cnc12. The van der Waals surface area contributed by atoms with Crippen molar-refractivity contribution in [1.82, 2.24) is 9.38 Å². The fraction of sp³-hybridized carbons (Fsp3) is 0.111. The molecule has 16 heavy (non-hydrogen) atoms. The minimum absolute atomic E-state index is 0.0956. The van der Waals surface area contributed by atoms with Gasteiger partial charge in [0.25, 0.3) is 5.69 Å². The van der Waals surface area contributed by atoms with Crippen molar-refractivity contribution in [3.63, 3.8) is 0 Å². The molecule has 2 aromatic heterocycles. The van der Waals surface area contributed by atoms with Crippen LogP contribution in [0.2, 0.25) is 0 Å². The Bertz CT molecular complexity index is 602. The van der Waals surface area contributed by atoms with Crippen LogP contribution in [-0.4, -0.2) is 25.4 Å². The maximum atomic E-state index is 10.8. The van der Waals surface area contributed by atoms with Crippen LogP contribution in [0.5, 0.6) is 0 Å². The quantitative estimate of drug-likeness (QED) is 0.607. The van der Waals surface area contributed by atoms with Crippen molar-refractivity contribution in [2.24, 2.45) is 0 Å². The highest BCUT2D eigenvalue weighted by molar-refractivity contribution is 5.86. The molecule has 0 saturated carbocycles. The van der Waals surface area contributed by atoms with Crippen molar-refractivity contribution in [1.29, 1.82) is 0 Å². The number of hydrogen-bond donors (Lipinski definition) is 1. The molecular formula is C9H7N3O4. The largest absolute Gasteiger partial charge is 0.477 e. The fourth-order valence-electron chi connectivity index (χ4n) is 1.50. The normalized spacial score (nSPS) is 10.6. The van der Waals surface area contributed by atoms with Gasteiger partial charge in [-0.25, -0.2) is 9.78 Å². The monoisotopic (exact) mass is 221 g/mol. The molecule has 2 heterocycles. The van der Waals surface area contributed by atoms with E-state index in [-0.39, 0.29) is 11.4 Å². The number of aromatic nitrogens is 2. The van der Waals surface area contributed by atoms with Crippen LogP contribution in [0.15, 0.2) is 18.5 Å². The number of hydrogen-bond acceptors (Lipinski definition) is 4. The topological polar surface area (TPSA) is 97.7 Å². The maximum absolute atomic E-state index is 10.8. The van der Waals surface area contributed by atoms with E-state index < -0.39 is 10.9 Å². The van der Waals surface area contributed by atoms with E-state index in [9.17, 15) is 14.9 Å². The Morgan fingerprint density at radius 2 is 2.31 bits per heavy atom. The van der Waals surface area contributed by atoms with Crippen molar-refractivity contribution in [2.75, 3.05) is 0 Å². The lowest BCUT2D eigenvalue weighted by molar-refractivity contribution is -0.385. The second-order valence-corrected chi connectivity index (χ2v) is 3.28. The standard InChI is InChI=1S/C9H7N3O4/c1-5-2-6(12(15)16)4-11-7(9(13)14)3-10-8(5)11/h2-4H,1H3,(H,13,14). The average molecular weight is 221 g/mol. The Hall–Kier alpha value is -2.44. The maximum Gasteiger partial charge on any atom is 0.354 e. The van der Waals surface area contributed by atoms with Crippen LogP contribution in [0.3, 0.4) is 0 Å². The number of carboxylic acids is 1. The second-order valence-electron chi connectivity index (χ2n) is 3.28. The van der Waals surface area contributed by atoms with Crippen molar-refractivity contribution in [3.05, 3.63) is 39.8 Å². The molecule has 7 heteroatoms. The number of nitro groups is 1. The zero-order chi connectivity index (χ0) is 11.9. The zero-order valence-electron chi connectivity index (χ0n) is 8.25. The molecule has 0 unspecified atom stereocenters. The molecule has 82 valence electrons. The molecule has 0 bridgehead atoms. The summed E-state index contributed by atoms with van der Waals surface area (Å²) in [5, 5.41) is 19.5. The fourth-order valence-corrected chi connectivity index (χ4v) is 1.50. The Morgan fingerprint density at radius 3 is 2.88 bits per heavy atom. The lowest BCUT2D eigenvalue weighted by atomic mass is 10.3. The van der Waals surface area contributed by atoms with E-state index in [4.69, 9.17) is 5.11 Å². The van der Waals surface area contributed by atoms with Crippen LogP contribution in [0.25, 0.3) is 5.65 Å². The molecular weight excluding hydrogens is 214 g/mol. The van der Waals surface area contributed by atoms with Gasteiger partial charge in [-0.1, -0.05) is 0 Å². The van der Waals surface area contributed by atoms with Gasteiger partial charge in [0.1, 0.15) is 5.65 Å². The van der Waals surface area contributed by atoms with E-state index >= 15 is 0 Å². The number of carboxylic acid groups (broad SMARTS) is 1. The minimum atomic E-state index is -1.17. The summed E-state index contributed by atoms with van der Waals surface area (Å²) in [6.45, 7) is 1.64. The second kappa shape index (κ2) is 3.30. The molecule has 0 aliphatic carbocycles. The van der Waals surface area contributed by atoms with E-state index in [0.717, 1.165) is 6.20 Å². The summed E-state index contributed by atoms with van der Waals surface area (Å²) < 4.78 is 1.20. The molecule has 0 fully saturated rings. The van der Waals surface area contributed by atoms with E-state index in [0.29, 0.717) is 11.2 Å². The highest BCUT2D eigenvalue weighted by Gasteiger charge is 2.16. The summed E-state index contributed by atoms with van der Waals surface area (Å²) in [6.07, 6.45) is 2.33. The third kappa shape index (κ3) is 1.38. The van der Waals surface area contributed by atoms with Gasteiger partial charge >= 0.3 is 5.97 Å². The van der Waals surface area contributed by atoms with Crippen LogP contribution in [0.1, 0.15) is 16.1 Å².